The number of aromatic nitrogens is 2. The number of urea groups is 1. The van der Waals surface area contributed by atoms with Crippen LogP contribution in [0.4, 0.5) is 14.9 Å². The van der Waals surface area contributed by atoms with Crippen molar-refractivity contribution in [3.8, 4) is 0 Å². The second-order valence-electron chi connectivity index (χ2n) is 7.42. The fourth-order valence-corrected chi connectivity index (χ4v) is 3.52. The molecule has 3 aromatic rings. The van der Waals surface area contributed by atoms with Gasteiger partial charge in [0.1, 0.15) is 5.82 Å². The first kappa shape index (κ1) is 20.0. The van der Waals surface area contributed by atoms with E-state index in [1.165, 1.54) is 24.3 Å². The second-order valence-corrected chi connectivity index (χ2v) is 7.42. The summed E-state index contributed by atoms with van der Waals surface area (Å²) in [4.78, 5) is 18.9. The highest BCUT2D eigenvalue weighted by atomic mass is 19.1. The first-order valence-electron chi connectivity index (χ1n) is 10.0. The van der Waals surface area contributed by atoms with Crippen LogP contribution in [0.25, 0.3) is 0 Å². The Morgan fingerprint density at radius 2 is 1.83 bits per heavy atom. The molecule has 0 unspecified atom stereocenters. The quantitative estimate of drug-likeness (QED) is 0.650. The van der Waals surface area contributed by atoms with Crippen molar-refractivity contribution in [1.82, 2.24) is 20.4 Å². The first-order valence-corrected chi connectivity index (χ1v) is 10.0. The summed E-state index contributed by atoms with van der Waals surface area (Å²) < 4.78 is 18.3. The van der Waals surface area contributed by atoms with Gasteiger partial charge in [-0.1, -0.05) is 35.5 Å². The second kappa shape index (κ2) is 9.49. The van der Waals surface area contributed by atoms with Crippen LogP contribution in [-0.4, -0.2) is 40.2 Å². The van der Waals surface area contributed by atoms with Crippen molar-refractivity contribution < 1.29 is 13.7 Å². The standard InChI is InChI=1S/C22H24FN5O2/c23-17-6-8-18(9-7-17)24-22(29)25-19-10-12-28(13-11-19)15-21-26-20(27-30-21)14-16-4-2-1-3-5-16/h1-9,19H,10-15H2,(H2,24,25,29). The van der Waals surface area contributed by atoms with Crippen LogP contribution in [0.2, 0.25) is 0 Å². The molecule has 1 aliphatic rings. The van der Waals surface area contributed by atoms with Gasteiger partial charge >= 0.3 is 6.03 Å². The van der Waals surface area contributed by atoms with E-state index in [4.69, 9.17) is 4.52 Å². The van der Waals surface area contributed by atoms with Gasteiger partial charge in [0.05, 0.1) is 6.54 Å². The van der Waals surface area contributed by atoms with Crippen LogP contribution in [0.5, 0.6) is 0 Å². The summed E-state index contributed by atoms with van der Waals surface area (Å²) >= 11 is 0. The van der Waals surface area contributed by atoms with Gasteiger partial charge < -0.3 is 15.2 Å². The van der Waals surface area contributed by atoms with Gasteiger partial charge in [-0.05, 0) is 42.7 Å². The van der Waals surface area contributed by atoms with Gasteiger partial charge in [0.2, 0.25) is 5.89 Å². The third-order valence-corrected chi connectivity index (χ3v) is 5.10. The van der Waals surface area contributed by atoms with Gasteiger partial charge in [-0.2, -0.15) is 4.98 Å². The van der Waals surface area contributed by atoms with Crippen LogP contribution < -0.4 is 10.6 Å². The average Bonchev–Trinajstić information content (AvgIpc) is 3.18. The number of piperidine rings is 1. The number of hydrogen-bond acceptors (Lipinski definition) is 5. The number of benzene rings is 2. The van der Waals surface area contributed by atoms with Crippen molar-refractivity contribution in [1.29, 1.82) is 0 Å². The molecule has 8 heteroatoms. The number of carbonyl (C=O) groups excluding carboxylic acids is 1. The Morgan fingerprint density at radius 3 is 2.57 bits per heavy atom. The Kier molecular flexibility index (Phi) is 6.34. The molecule has 0 radical (unpaired) electrons. The molecule has 156 valence electrons. The molecule has 2 aromatic carbocycles. The Morgan fingerprint density at radius 1 is 1.10 bits per heavy atom. The molecule has 2 amide bonds. The van der Waals surface area contributed by atoms with Gasteiger partial charge in [-0.3, -0.25) is 4.90 Å². The molecule has 7 nitrogen and oxygen atoms in total. The van der Waals surface area contributed by atoms with E-state index in [0.29, 0.717) is 30.4 Å². The summed E-state index contributed by atoms with van der Waals surface area (Å²) in [6.45, 7) is 2.27. The van der Waals surface area contributed by atoms with E-state index in [2.05, 4.69) is 25.7 Å². The predicted molar refractivity (Wildman–Crippen MR) is 110 cm³/mol. The van der Waals surface area contributed by atoms with E-state index in [1.54, 1.807) is 0 Å². The minimum atomic E-state index is -0.332. The maximum Gasteiger partial charge on any atom is 0.319 e. The molecular weight excluding hydrogens is 385 g/mol. The van der Waals surface area contributed by atoms with Crippen LogP contribution in [0.3, 0.4) is 0 Å². The van der Waals surface area contributed by atoms with Gasteiger partial charge in [0.25, 0.3) is 0 Å². The number of nitrogens with zero attached hydrogens (tertiary/aromatic N) is 3. The summed E-state index contributed by atoms with van der Waals surface area (Å²) in [5, 5.41) is 9.78. The topological polar surface area (TPSA) is 83.3 Å². The van der Waals surface area contributed by atoms with Crippen LogP contribution in [0.15, 0.2) is 59.1 Å². The zero-order valence-electron chi connectivity index (χ0n) is 16.6. The minimum Gasteiger partial charge on any atom is -0.338 e. The van der Waals surface area contributed by atoms with Crippen molar-refractivity contribution >= 4 is 11.7 Å². The van der Waals surface area contributed by atoms with Crippen molar-refractivity contribution in [2.45, 2.75) is 31.8 Å². The van der Waals surface area contributed by atoms with Crippen molar-refractivity contribution in [2.75, 3.05) is 18.4 Å². The zero-order chi connectivity index (χ0) is 20.8. The van der Waals surface area contributed by atoms with Gasteiger partial charge in [-0.25, -0.2) is 9.18 Å². The SMILES string of the molecule is O=C(Nc1ccc(F)cc1)NC1CCN(Cc2nc(Cc3ccccc3)no2)CC1. The number of hydrogen-bond donors (Lipinski definition) is 2. The highest BCUT2D eigenvalue weighted by Gasteiger charge is 2.22. The molecule has 1 aliphatic heterocycles. The summed E-state index contributed by atoms with van der Waals surface area (Å²) in [6.07, 6.45) is 2.32. The Labute approximate surface area is 174 Å². The fourth-order valence-electron chi connectivity index (χ4n) is 3.52. The molecule has 0 saturated carbocycles. The van der Waals surface area contributed by atoms with Gasteiger partial charge in [0.15, 0.2) is 5.82 Å². The lowest BCUT2D eigenvalue weighted by Crippen LogP contribution is -2.45. The Bertz CT molecular complexity index is 953. The molecule has 0 bridgehead atoms. The van der Waals surface area contributed by atoms with Crippen molar-refractivity contribution in [3.63, 3.8) is 0 Å². The molecule has 0 spiro atoms. The molecular formula is C22H24FN5O2. The number of anilines is 1. The number of nitrogens with one attached hydrogen (secondary N) is 2. The largest absolute Gasteiger partial charge is 0.338 e. The Hall–Kier alpha value is -3.26. The summed E-state index contributed by atoms with van der Waals surface area (Å²) in [5.74, 6) is 0.966. The third-order valence-electron chi connectivity index (χ3n) is 5.10. The molecule has 30 heavy (non-hydrogen) atoms. The van der Waals surface area contributed by atoms with E-state index in [9.17, 15) is 9.18 Å². The van der Waals surface area contributed by atoms with E-state index in [-0.39, 0.29) is 17.9 Å². The molecule has 2 heterocycles. The number of rotatable bonds is 6. The number of likely N-dealkylation sites (tertiary alicyclic amines) is 1. The Balaban J connectivity index is 1.20. The van der Waals surface area contributed by atoms with Crippen LogP contribution in [-0.2, 0) is 13.0 Å². The predicted octanol–water partition coefficient (Wildman–Crippen LogP) is 3.59. The highest BCUT2D eigenvalue weighted by Crippen LogP contribution is 2.15. The lowest BCUT2D eigenvalue weighted by atomic mass is 10.1. The van der Waals surface area contributed by atoms with E-state index in [1.807, 2.05) is 30.3 Å². The highest BCUT2D eigenvalue weighted by molar-refractivity contribution is 5.89. The molecule has 4 rings (SSSR count). The minimum absolute atomic E-state index is 0.0954. The summed E-state index contributed by atoms with van der Waals surface area (Å²) in [6, 6.07) is 15.6. The fraction of sp³-hybridized carbons (Fsp3) is 0.318. The average molecular weight is 409 g/mol. The van der Waals surface area contributed by atoms with Crippen LogP contribution in [0.1, 0.15) is 30.1 Å². The maximum atomic E-state index is 12.9. The smallest absolute Gasteiger partial charge is 0.319 e. The normalized spacial score (nSPS) is 15.1. The lowest BCUT2D eigenvalue weighted by Gasteiger charge is -2.31. The maximum absolute atomic E-state index is 12.9. The van der Waals surface area contributed by atoms with Crippen molar-refractivity contribution in [2.24, 2.45) is 0 Å². The van der Waals surface area contributed by atoms with Gasteiger partial charge in [-0.15, -0.1) is 0 Å². The number of amides is 2. The first-order chi connectivity index (χ1) is 14.6. The summed E-state index contributed by atoms with van der Waals surface area (Å²) in [5.41, 5.74) is 1.71. The molecule has 1 saturated heterocycles. The number of carbonyl (C=O) groups is 1. The molecule has 0 aliphatic carbocycles. The van der Waals surface area contributed by atoms with Crippen molar-refractivity contribution in [3.05, 3.63) is 77.7 Å². The van der Waals surface area contributed by atoms with Crippen LogP contribution >= 0.6 is 0 Å². The van der Waals surface area contributed by atoms with E-state index < -0.39 is 0 Å². The molecule has 2 N–H and O–H groups in total. The monoisotopic (exact) mass is 409 g/mol. The van der Waals surface area contributed by atoms with E-state index in [0.717, 1.165) is 31.5 Å². The molecule has 0 atom stereocenters. The molecule has 1 fully saturated rings. The lowest BCUT2D eigenvalue weighted by molar-refractivity contribution is 0.171. The van der Waals surface area contributed by atoms with E-state index >= 15 is 0 Å². The summed E-state index contributed by atoms with van der Waals surface area (Å²) in [7, 11) is 0. The zero-order valence-corrected chi connectivity index (χ0v) is 16.6. The molecule has 1 aromatic heterocycles. The van der Waals surface area contributed by atoms with Crippen LogP contribution in [0, 0.1) is 5.82 Å². The van der Waals surface area contributed by atoms with Gasteiger partial charge in [0, 0.05) is 31.2 Å². The third kappa shape index (κ3) is 5.64. The number of halogens is 1.